The van der Waals surface area contributed by atoms with E-state index in [2.05, 4.69) is 0 Å². The Balaban J connectivity index is 2.31. The molecule has 108 valence electrons. The van der Waals surface area contributed by atoms with Crippen molar-refractivity contribution in [2.24, 2.45) is 5.92 Å². The quantitative estimate of drug-likeness (QED) is 0.504. The van der Waals surface area contributed by atoms with Crippen LogP contribution < -0.4 is 0 Å². The minimum Gasteiger partial charge on any atom is -0.464 e. The van der Waals surface area contributed by atoms with E-state index < -0.39 is 26.0 Å². The number of alkyl halides is 5. The maximum Gasteiger partial charge on any atom is 0.320 e. The van der Waals surface area contributed by atoms with E-state index in [0.717, 1.165) is 0 Å². The first-order valence-electron chi connectivity index (χ1n) is 5.16. The highest BCUT2D eigenvalue weighted by molar-refractivity contribution is 6.65. The predicted octanol–water partition coefficient (Wildman–Crippen LogP) is 4.62. The lowest BCUT2D eigenvalue weighted by atomic mass is 9.93. The van der Waals surface area contributed by atoms with Gasteiger partial charge in [-0.15, -0.1) is 34.8 Å². The van der Waals surface area contributed by atoms with Crippen LogP contribution in [0.3, 0.4) is 0 Å². The first-order valence-corrected chi connectivity index (χ1v) is 7.96. The Labute approximate surface area is 145 Å². The van der Waals surface area contributed by atoms with Crippen molar-refractivity contribution in [3.8, 4) is 0 Å². The summed E-state index contributed by atoms with van der Waals surface area (Å²) in [5, 5.41) is 0.227. The highest BCUT2D eigenvalue weighted by Crippen LogP contribution is 2.74. The molecule has 0 heterocycles. The van der Waals surface area contributed by atoms with Crippen molar-refractivity contribution in [2.45, 2.75) is 20.5 Å². The molecule has 0 saturated heterocycles. The molecule has 2 aliphatic carbocycles. The molecule has 0 unspecified atom stereocenters. The van der Waals surface area contributed by atoms with Crippen LogP contribution in [0.2, 0.25) is 0 Å². The number of hydrogen-bond acceptors (Lipinski definition) is 2. The number of carbonyl (C=O) groups is 1. The van der Waals surface area contributed by atoms with E-state index in [-0.39, 0.29) is 29.0 Å². The fraction of sp³-hybridized carbons (Fsp3) is 0.700. The Morgan fingerprint density at radius 1 is 1.21 bits per heavy atom. The lowest BCUT2D eigenvalue weighted by Gasteiger charge is -2.33. The van der Waals surface area contributed by atoms with Gasteiger partial charge in [-0.05, 0) is 6.42 Å². The second-order valence-corrected chi connectivity index (χ2v) is 8.02. The fourth-order valence-corrected chi connectivity index (χ4v) is 5.34. The van der Waals surface area contributed by atoms with Gasteiger partial charge in [0.05, 0.1) is 16.7 Å². The lowest BCUT2D eigenvalue weighted by molar-refractivity contribution is -0.142. The van der Waals surface area contributed by atoms with E-state index in [1.165, 1.54) is 0 Å². The molecule has 0 aromatic carbocycles. The molecule has 0 radical (unpaired) electrons. The highest BCUT2D eigenvalue weighted by Gasteiger charge is 2.78. The second-order valence-electron chi connectivity index (χ2n) is 4.43. The van der Waals surface area contributed by atoms with Crippen molar-refractivity contribution in [1.29, 1.82) is 0 Å². The number of hydrogen-bond donors (Lipinski definition) is 0. The fourth-order valence-electron chi connectivity index (χ4n) is 2.44. The summed E-state index contributed by atoms with van der Waals surface area (Å²) in [5.74, 6) is -1.29. The van der Waals surface area contributed by atoms with Crippen LogP contribution in [0.5, 0.6) is 0 Å². The molecule has 2 bridgehead atoms. The Hall–Kier alpha value is 1.24. The zero-order valence-electron chi connectivity index (χ0n) is 9.16. The normalized spacial score (nSPS) is 39.8. The third-order valence-corrected chi connectivity index (χ3v) is 8.00. The molecule has 0 aromatic heterocycles. The van der Waals surface area contributed by atoms with E-state index in [9.17, 15) is 4.79 Å². The van der Waals surface area contributed by atoms with Gasteiger partial charge >= 0.3 is 5.97 Å². The molecule has 9 heteroatoms. The monoisotopic (exact) mass is 404 g/mol. The van der Waals surface area contributed by atoms with E-state index in [1.807, 2.05) is 0 Å². The molecule has 3 atom stereocenters. The van der Waals surface area contributed by atoms with Crippen LogP contribution in [0, 0.1) is 5.92 Å². The molecule has 0 spiro atoms. The van der Waals surface area contributed by atoms with E-state index in [4.69, 9.17) is 85.9 Å². The minimum atomic E-state index is -1.59. The number of ether oxygens (including phenoxy) is 1. The summed E-state index contributed by atoms with van der Waals surface area (Å²) in [6.45, 7) is -0.0366. The van der Waals surface area contributed by atoms with Crippen LogP contribution in [-0.4, -0.2) is 32.5 Å². The van der Waals surface area contributed by atoms with Gasteiger partial charge in [0.1, 0.15) is 15.6 Å². The number of esters is 1. The summed E-state index contributed by atoms with van der Waals surface area (Å²) >= 11 is 42.9. The number of carbonyl (C=O) groups excluding carboxylic acids is 1. The van der Waals surface area contributed by atoms with Gasteiger partial charge in [-0.25, -0.2) is 0 Å². The van der Waals surface area contributed by atoms with Gasteiger partial charge in [0, 0.05) is 5.92 Å². The molecule has 2 nitrogen and oxygen atoms in total. The molecular weight excluding hydrogens is 400 g/mol. The summed E-state index contributed by atoms with van der Waals surface area (Å²) in [6.07, 6.45) is 0.246. The average molecular weight is 407 g/mol. The van der Waals surface area contributed by atoms with Gasteiger partial charge in [0.2, 0.25) is 0 Å². The van der Waals surface area contributed by atoms with Crippen LogP contribution in [0.15, 0.2) is 10.1 Å². The SMILES string of the molecule is O=C(CCl)OC[C@@H]1C[C@@]2(Cl)C(Cl)=C(Cl)[C@@]1(Cl)C2(Cl)Cl. The molecule has 1 fully saturated rings. The first kappa shape index (κ1) is 16.6. The van der Waals surface area contributed by atoms with Crippen LogP contribution in [0.4, 0.5) is 0 Å². The Kier molecular flexibility index (Phi) is 4.51. The smallest absolute Gasteiger partial charge is 0.320 e. The van der Waals surface area contributed by atoms with Crippen molar-refractivity contribution in [2.75, 3.05) is 12.5 Å². The molecule has 0 N–H and O–H groups in total. The Morgan fingerprint density at radius 3 is 2.21 bits per heavy atom. The van der Waals surface area contributed by atoms with Crippen LogP contribution in [0.25, 0.3) is 0 Å². The van der Waals surface area contributed by atoms with Gasteiger partial charge in [-0.2, -0.15) is 0 Å². The molecule has 0 aliphatic heterocycles. The third kappa shape index (κ3) is 2.02. The van der Waals surface area contributed by atoms with Gasteiger partial charge in [-0.3, -0.25) is 4.79 Å². The highest BCUT2D eigenvalue weighted by atomic mass is 35.5. The van der Waals surface area contributed by atoms with E-state index in [1.54, 1.807) is 0 Å². The molecule has 0 aromatic rings. The van der Waals surface area contributed by atoms with Gasteiger partial charge in [0.25, 0.3) is 0 Å². The zero-order valence-corrected chi connectivity index (χ0v) is 14.5. The topological polar surface area (TPSA) is 26.3 Å². The van der Waals surface area contributed by atoms with E-state index >= 15 is 0 Å². The molecule has 1 saturated carbocycles. The largest absolute Gasteiger partial charge is 0.464 e. The number of halogens is 7. The molecule has 2 rings (SSSR count). The number of fused-ring (bicyclic) bond motifs is 2. The molecule has 2 aliphatic rings. The van der Waals surface area contributed by atoms with Crippen molar-refractivity contribution in [3.05, 3.63) is 10.1 Å². The number of allylic oxidation sites excluding steroid dienone is 2. The standard InChI is InChI=1S/C10H7Cl7O2/c11-2-5(18)19-3-4-1-8(14)6(12)7(13)9(4,15)10(8,16)17/h4H,1-3H2/t4-,8+,9+/m0/s1. The number of rotatable bonds is 3. The third-order valence-electron chi connectivity index (χ3n) is 3.46. The van der Waals surface area contributed by atoms with Crippen LogP contribution >= 0.6 is 81.2 Å². The van der Waals surface area contributed by atoms with Crippen LogP contribution in [0.1, 0.15) is 6.42 Å². The van der Waals surface area contributed by atoms with Gasteiger partial charge < -0.3 is 4.74 Å². The molecule has 0 amide bonds. The van der Waals surface area contributed by atoms with Crippen molar-refractivity contribution >= 4 is 87.2 Å². The maximum atomic E-state index is 11.1. The van der Waals surface area contributed by atoms with Gasteiger partial charge in [0.15, 0.2) is 4.33 Å². The predicted molar refractivity (Wildman–Crippen MR) is 80.1 cm³/mol. The van der Waals surface area contributed by atoms with Gasteiger partial charge in [-0.1, -0.05) is 46.4 Å². The van der Waals surface area contributed by atoms with Crippen molar-refractivity contribution in [3.63, 3.8) is 0 Å². The maximum absolute atomic E-state index is 11.1. The molecule has 19 heavy (non-hydrogen) atoms. The summed E-state index contributed by atoms with van der Waals surface area (Å²) in [5.41, 5.74) is 0. The zero-order chi connectivity index (χ0) is 14.6. The summed E-state index contributed by atoms with van der Waals surface area (Å²) < 4.78 is 3.37. The summed E-state index contributed by atoms with van der Waals surface area (Å²) in [4.78, 5) is 8.43. The van der Waals surface area contributed by atoms with E-state index in [0.29, 0.717) is 0 Å². The average Bonchev–Trinajstić information content (AvgIpc) is 2.57. The second kappa shape index (κ2) is 5.15. The Morgan fingerprint density at radius 2 is 1.79 bits per heavy atom. The van der Waals surface area contributed by atoms with Crippen molar-refractivity contribution < 1.29 is 9.53 Å². The Bertz CT molecular complexity index is 463. The first-order chi connectivity index (χ1) is 8.63. The molecular formula is C10H7Cl7O2. The summed E-state index contributed by atoms with van der Waals surface area (Å²) in [6, 6.07) is 0. The van der Waals surface area contributed by atoms with Crippen LogP contribution in [-0.2, 0) is 9.53 Å². The van der Waals surface area contributed by atoms with Crippen molar-refractivity contribution in [1.82, 2.24) is 0 Å². The lowest BCUT2D eigenvalue weighted by Crippen LogP contribution is -2.45. The minimum absolute atomic E-state index is 0.0366. The summed E-state index contributed by atoms with van der Waals surface area (Å²) in [7, 11) is 0.